The Morgan fingerprint density at radius 1 is 1.26 bits per heavy atom. The van der Waals surface area contributed by atoms with Crippen LogP contribution in [-0.4, -0.2) is 26.5 Å². The topological polar surface area (TPSA) is 116 Å². The molecule has 100 valence electrons. The smallest absolute Gasteiger partial charge is 0.197 e. The lowest BCUT2D eigenvalue weighted by molar-refractivity contribution is 0.962. The van der Waals surface area contributed by atoms with E-state index in [4.69, 9.17) is 11.5 Å². The Bertz CT molecular complexity index is 572. The van der Waals surface area contributed by atoms with Crippen LogP contribution in [0, 0.1) is 0 Å². The van der Waals surface area contributed by atoms with Crippen molar-refractivity contribution in [3.05, 3.63) is 16.9 Å². The first-order chi connectivity index (χ1) is 9.10. The van der Waals surface area contributed by atoms with Gasteiger partial charge in [0, 0.05) is 12.6 Å². The SMILES string of the molecule is CCNc1ncnc(Sc2nc(N)cc(N)n2)c1Br. The second kappa shape index (κ2) is 6.02. The molecule has 0 aliphatic rings. The first kappa shape index (κ1) is 13.8. The summed E-state index contributed by atoms with van der Waals surface area (Å²) in [4.78, 5) is 16.5. The highest BCUT2D eigenvalue weighted by Crippen LogP contribution is 2.33. The standard InChI is InChI=1S/C10H12BrN7S/c1-2-14-8-7(11)9(16-4-15-8)19-10-17-5(12)3-6(13)18-10/h3-4H,2H2,1H3,(H,14,15,16)(H4,12,13,17,18). The maximum absolute atomic E-state index is 5.63. The summed E-state index contributed by atoms with van der Waals surface area (Å²) in [5.74, 6) is 1.37. The van der Waals surface area contributed by atoms with Crippen molar-refractivity contribution in [3.63, 3.8) is 0 Å². The minimum Gasteiger partial charge on any atom is -0.383 e. The third-order valence-corrected chi connectivity index (χ3v) is 3.92. The molecule has 0 aliphatic carbocycles. The maximum atomic E-state index is 5.63. The van der Waals surface area contributed by atoms with Gasteiger partial charge in [0.2, 0.25) is 0 Å². The summed E-state index contributed by atoms with van der Waals surface area (Å²) in [5, 5.41) is 4.26. The van der Waals surface area contributed by atoms with Gasteiger partial charge in [-0.1, -0.05) is 0 Å². The molecule has 0 atom stereocenters. The molecule has 2 aromatic rings. The number of rotatable bonds is 4. The molecule has 19 heavy (non-hydrogen) atoms. The number of anilines is 3. The molecule has 2 rings (SSSR count). The van der Waals surface area contributed by atoms with Crippen LogP contribution in [0.1, 0.15) is 6.92 Å². The molecule has 7 nitrogen and oxygen atoms in total. The summed E-state index contributed by atoms with van der Waals surface area (Å²) in [6.07, 6.45) is 1.47. The molecule has 0 aromatic carbocycles. The summed E-state index contributed by atoms with van der Waals surface area (Å²) in [5.41, 5.74) is 11.3. The molecule has 2 heterocycles. The van der Waals surface area contributed by atoms with E-state index in [1.807, 2.05) is 6.92 Å². The van der Waals surface area contributed by atoms with Crippen LogP contribution in [0.15, 0.2) is 27.0 Å². The van der Waals surface area contributed by atoms with Gasteiger partial charge in [-0.25, -0.2) is 19.9 Å². The van der Waals surface area contributed by atoms with Crippen molar-refractivity contribution in [2.45, 2.75) is 17.1 Å². The molecule has 0 amide bonds. The van der Waals surface area contributed by atoms with E-state index in [2.05, 4.69) is 41.2 Å². The Kier molecular flexibility index (Phi) is 4.38. The van der Waals surface area contributed by atoms with Crippen LogP contribution in [-0.2, 0) is 0 Å². The lowest BCUT2D eigenvalue weighted by Crippen LogP contribution is -2.02. The Morgan fingerprint density at radius 2 is 1.95 bits per heavy atom. The van der Waals surface area contributed by atoms with Crippen LogP contribution >= 0.6 is 27.7 Å². The van der Waals surface area contributed by atoms with Gasteiger partial charge < -0.3 is 16.8 Å². The largest absolute Gasteiger partial charge is 0.383 e. The predicted octanol–water partition coefficient (Wildman–Crippen LogP) is 1.78. The predicted molar refractivity (Wildman–Crippen MR) is 78.9 cm³/mol. The average Bonchev–Trinajstić information content (AvgIpc) is 2.33. The fourth-order valence-electron chi connectivity index (χ4n) is 1.31. The third kappa shape index (κ3) is 3.44. The van der Waals surface area contributed by atoms with Gasteiger partial charge in [0.1, 0.15) is 28.8 Å². The maximum Gasteiger partial charge on any atom is 0.197 e. The highest BCUT2D eigenvalue weighted by molar-refractivity contribution is 9.10. The lowest BCUT2D eigenvalue weighted by Gasteiger charge is -2.08. The molecule has 0 saturated heterocycles. The van der Waals surface area contributed by atoms with E-state index in [9.17, 15) is 0 Å². The van der Waals surface area contributed by atoms with E-state index in [0.717, 1.165) is 16.8 Å². The summed E-state index contributed by atoms with van der Waals surface area (Å²) in [6.45, 7) is 2.75. The first-order valence-electron chi connectivity index (χ1n) is 5.42. The van der Waals surface area contributed by atoms with Gasteiger partial charge in [0.25, 0.3) is 0 Å². The second-order valence-electron chi connectivity index (χ2n) is 3.47. The fraction of sp³-hybridized carbons (Fsp3) is 0.200. The molecule has 5 N–H and O–H groups in total. The van der Waals surface area contributed by atoms with Gasteiger partial charge in [0.15, 0.2) is 5.16 Å². The number of aromatic nitrogens is 4. The third-order valence-electron chi connectivity index (χ3n) is 2.03. The van der Waals surface area contributed by atoms with Crippen molar-refractivity contribution in [1.82, 2.24) is 19.9 Å². The molecule has 0 saturated carbocycles. The van der Waals surface area contributed by atoms with E-state index < -0.39 is 0 Å². The molecule has 9 heteroatoms. The summed E-state index contributed by atoms with van der Waals surface area (Å²) in [6, 6.07) is 1.50. The zero-order valence-electron chi connectivity index (χ0n) is 10.1. The van der Waals surface area contributed by atoms with Gasteiger partial charge in [-0.3, -0.25) is 0 Å². The van der Waals surface area contributed by atoms with E-state index in [0.29, 0.717) is 21.8 Å². The van der Waals surface area contributed by atoms with Crippen LogP contribution in [0.25, 0.3) is 0 Å². The monoisotopic (exact) mass is 341 g/mol. The van der Waals surface area contributed by atoms with Crippen molar-refractivity contribution in [2.75, 3.05) is 23.3 Å². The number of nitrogens with one attached hydrogen (secondary N) is 1. The molecule has 0 aliphatic heterocycles. The number of nitrogen functional groups attached to an aromatic ring is 2. The highest BCUT2D eigenvalue weighted by Gasteiger charge is 2.12. The number of nitrogens with zero attached hydrogens (tertiary/aromatic N) is 4. The summed E-state index contributed by atoms with van der Waals surface area (Å²) < 4.78 is 0.756. The van der Waals surface area contributed by atoms with Crippen molar-refractivity contribution in [1.29, 1.82) is 0 Å². The van der Waals surface area contributed by atoms with Gasteiger partial charge >= 0.3 is 0 Å². The highest BCUT2D eigenvalue weighted by atomic mass is 79.9. The number of halogens is 1. The van der Waals surface area contributed by atoms with Crippen molar-refractivity contribution in [2.24, 2.45) is 0 Å². The molecule has 0 fully saturated rings. The van der Waals surface area contributed by atoms with Gasteiger partial charge in [-0.2, -0.15) is 0 Å². The van der Waals surface area contributed by atoms with E-state index >= 15 is 0 Å². The average molecular weight is 342 g/mol. The van der Waals surface area contributed by atoms with Crippen molar-refractivity contribution < 1.29 is 0 Å². The van der Waals surface area contributed by atoms with E-state index in [1.165, 1.54) is 24.2 Å². The summed E-state index contributed by atoms with van der Waals surface area (Å²) >= 11 is 4.71. The van der Waals surface area contributed by atoms with Crippen LogP contribution in [0.4, 0.5) is 17.5 Å². The number of hydrogen-bond donors (Lipinski definition) is 3. The normalized spacial score (nSPS) is 10.4. The van der Waals surface area contributed by atoms with Crippen LogP contribution in [0.5, 0.6) is 0 Å². The van der Waals surface area contributed by atoms with Gasteiger partial charge in [0.05, 0.1) is 4.47 Å². The molecule has 2 aromatic heterocycles. The zero-order valence-corrected chi connectivity index (χ0v) is 12.5. The Labute approximate surface area is 122 Å². The van der Waals surface area contributed by atoms with Gasteiger partial charge in [-0.05, 0) is 34.6 Å². The van der Waals surface area contributed by atoms with Crippen LogP contribution < -0.4 is 16.8 Å². The second-order valence-corrected chi connectivity index (χ2v) is 5.22. The van der Waals surface area contributed by atoms with E-state index in [-0.39, 0.29) is 0 Å². The van der Waals surface area contributed by atoms with Crippen molar-refractivity contribution >= 4 is 45.1 Å². The Morgan fingerprint density at radius 3 is 2.58 bits per heavy atom. The summed E-state index contributed by atoms with van der Waals surface area (Å²) in [7, 11) is 0. The lowest BCUT2D eigenvalue weighted by atomic mass is 10.5. The van der Waals surface area contributed by atoms with Crippen molar-refractivity contribution in [3.8, 4) is 0 Å². The quantitative estimate of drug-likeness (QED) is 0.569. The molecular weight excluding hydrogens is 330 g/mol. The minimum atomic E-state index is 0.326. The first-order valence-corrected chi connectivity index (χ1v) is 7.03. The Balaban J connectivity index is 2.30. The molecule has 0 unspecified atom stereocenters. The van der Waals surface area contributed by atoms with Gasteiger partial charge in [-0.15, -0.1) is 0 Å². The van der Waals surface area contributed by atoms with Crippen LogP contribution in [0.3, 0.4) is 0 Å². The van der Waals surface area contributed by atoms with Crippen LogP contribution in [0.2, 0.25) is 0 Å². The molecule has 0 radical (unpaired) electrons. The zero-order chi connectivity index (χ0) is 13.8. The molecule has 0 spiro atoms. The number of hydrogen-bond acceptors (Lipinski definition) is 8. The number of nitrogens with two attached hydrogens (primary N) is 2. The minimum absolute atomic E-state index is 0.326. The Hall–Kier alpha value is -1.61. The fourth-order valence-corrected chi connectivity index (χ4v) is 2.66. The molecule has 0 bridgehead atoms. The van der Waals surface area contributed by atoms with E-state index in [1.54, 1.807) is 0 Å². The molecular formula is C10H12BrN7S.